The van der Waals surface area contributed by atoms with Gasteiger partial charge in [-0.3, -0.25) is 9.59 Å². The van der Waals surface area contributed by atoms with Gasteiger partial charge in [-0.05, 0) is 66.8 Å². The molecule has 10 nitrogen and oxygen atoms in total. The Labute approximate surface area is 287 Å². The maximum absolute atomic E-state index is 14.6. The molecule has 2 atom stereocenters. The van der Waals surface area contributed by atoms with E-state index in [1.807, 2.05) is 97.1 Å². The van der Waals surface area contributed by atoms with Crippen LogP contribution in [-0.4, -0.2) is 67.7 Å². The third-order valence-electron chi connectivity index (χ3n) is 9.15. The maximum Gasteiger partial charge on any atom is 0.322 e. The highest BCUT2D eigenvalue weighted by atomic mass is 16.5. The van der Waals surface area contributed by atoms with Crippen LogP contribution in [0.25, 0.3) is 11.1 Å². The number of nitrogens with one attached hydrogen (secondary N) is 2. The smallest absolute Gasteiger partial charge is 0.322 e. The van der Waals surface area contributed by atoms with Crippen LogP contribution >= 0.6 is 0 Å². The monoisotopic (exact) mass is 661 g/mol. The molecule has 0 aliphatic carbocycles. The lowest BCUT2D eigenvalue weighted by atomic mass is 9.85. The predicted octanol–water partition coefficient (Wildman–Crippen LogP) is 5.32. The van der Waals surface area contributed by atoms with Crippen molar-refractivity contribution in [1.29, 1.82) is 0 Å². The Morgan fingerprint density at radius 3 is 2.29 bits per heavy atom. The van der Waals surface area contributed by atoms with E-state index in [1.54, 1.807) is 30.8 Å². The molecule has 1 saturated heterocycles. The maximum atomic E-state index is 14.6. The molecule has 2 aliphatic rings. The Hall–Kier alpha value is -5.19. The van der Waals surface area contributed by atoms with Gasteiger partial charge >= 0.3 is 6.03 Å². The van der Waals surface area contributed by atoms with Gasteiger partial charge in [-0.1, -0.05) is 72.8 Å². The highest BCUT2D eigenvalue weighted by molar-refractivity contribution is 6.02. The van der Waals surface area contributed by atoms with Crippen LogP contribution in [0.2, 0.25) is 0 Å². The lowest BCUT2D eigenvalue weighted by molar-refractivity contribution is -0.130. The molecule has 4 N–H and O–H groups in total. The molecule has 2 heterocycles. The van der Waals surface area contributed by atoms with Gasteiger partial charge in [0, 0.05) is 30.3 Å². The highest BCUT2D eigenvalue weighted by Gasteiger charge is 2.40. The first kappa shape index (κ1) is 33.7. The number of hydrogen-bond donors (Lipinski definition) is 3. The van der Waals surface area contributed by atoms with Crippen molar-refractivity contribution in [2.75, 3.05) is 43.6 Å². The molecule has 1 fully saturated rings. The fourth-order valence-corrected chi connectivity index (χ4v) is 6.35. The van der Waals surface area contributed by atoms with Crippen molar-refractivity contribution in [1.82, 2.24) is 10.2 Å². The van der Waals surface area contributed by atoms with Crippen LogP contribution in [0.15, 0.2) is 97.1 Å². The van der Waals surface area contributed by atoms with E-state index in [2.05, 4.69) is 10.6 Å². The van der Waals surface area contributed by atoms with E-state index in [9.17, 15) is 14.4 Å². The van der Waals surface area contributed by atoms with Crippen LogP contribution in [0.5, 0.6) is 5.75 Å². The lowest BCUT2D eigenvalue weighted by Gasteiger charge is -2.31. The van der Waals surface area contributed by atoms with Crippen LogP contribution in [0, 0.1) is 0 Å². The Bertz CT molecular complexity index is 1800. The van der Waals surface area contributed by atoms with Gasteiger partial charge in [0.1, 0.15) is 11.8 Å². The van der Waals surface area contributed by atoms with Crippen molar-refractivity contribution in [2.24, 2.45) is 5.73 Å². The Balaban J connectivity index is 1.29. The first-order valence-electron chi connectivity index (χ1n) is 16.6. The zero-order valence-corrected chi connectivity index (χ0v) is 28.1. The topological polar surface area (TPSA) is 126 Å². The molecule has 0 spiro atoms. The summed E-state index contributed by atoms with van der Waals surface area (Å²) in [7, 11) is 1.61. The summed E-state index contributed by atoms with van der Waals surface area (Å²) in [6, 6.07) is 30.2. The van der Waals surface area contributed by atoms with Crippen molar-refractivity contribution >= 4 is 29.2 Å². The molecule has 0 aromatic heterocycles. The summed E-state index contributed by atoms with van der Waals surface area (Å²) in [5, 5.41) is 6.09. The minimum atomic E-state index is -1.18. The van der Waals surface area contributed by atoms with Crippen LogP contribution < -0.4 is 26.0 Å². The number of carbonyl (C=O) groups is 3. The van der Waals surface area contributed by atoms with E-state index in [0.29, 0.717) is 50.7 Å². The minimum absolute atomic E-state index is 0.154. The van der Waals surface area contributed by atoms with Crippen molar-refractivity contribution in [3.63, 3.8) is 0 Å². The molecular weight excluding hydrogens is 618 g/mol. The molecule has 2 aliphatic heterocycles. The van der Waals surface area contributed by atoms with Gasteiger partial charge in [0.25, 0.3) is 5.91 Å². The second-order valence-electron chi connectivity index (χ2n) is 13.1. The summed E-state index contributed by atoms with van der Waals surface area (Å²) in [5.41, 5.74) is 11.2. The molecule has 4 aromatic carbocycles. The third-order valence-corrected chi connectivity index (χ3v) is 9.15. The number of anilines is 2. The molecule has 2 unspecified atom stereocenters. The Kier molecular flexibility index (Phi) is 9.98. The molecular formula is C39H43N5O5. The first-order valence-corrected chi connectivity index (χ1v) is 16.6. The number of rotatable bonds is 8. The van der Waals surface area contributed by atoms with Gasteiger partial charge in [0.15, 0.2) is 0 Å². The second-order valence-corrected chi connectivity index (χ2v) is 13.1. The van der Waals surface area contributed by atoms with E-state index in [-0.39, 0.29) is 17.9 Å². The number of carbonyl (C=O) groups excluding carboxylic acids is 3. The number of ether oxygens (including phenoxy) is 2. The summed E-state index contributed by atoms with van der Waals surface area (Å²) in [4.78, 5) is 44.4. The van der Waals surface area contributed by atoms with Crippen LogP contribution in [0.1, 0.15) is 36.5 Å². The summed E-state index contributed by atoms with van der Waals surface area (Å²) in [6.45, 7) is 5.71. The molecule has 0 bridgehead atoms. The van der Waals surface area contributed by atoms with Crippen molar-refractivity contribution in [3.8, 4) is 16.9 Å². The molecule has 10 heteroatoms. The minimum Gasteiger partial charge on any atom is -0.497 e. The quantitative estimate of drug-likeness (QED) is 0.235. The predicted molar refractivity (Wildman–Crippen MR) is 191 cm³/mol. The SMILES string of the molecule is COc1ccc(C2Cc3ccccc3N(Cc3ccc(-c4ccccc4NC(=O)N4CCOCC4)cc3)C(=O)C2NC(=O)C(C)(C)N)cc1. The Morgan fingerprint density at radius 2 is 1.59 bits per heavy atom. The van der Waals surface area contributed by atoms with Gasteiger partial charge in [0.05, 0.1) is 38.1 Å². The highest BCUT2D eigenvalue weighted by Crippen LogP contribution is 2.37. The largest absolute Gasteiger partial charge is 0.497 e. The number of nitrogens with zero attached hydrogens (tertiary/aromatic N) is 2. The number of fused-ring (bicyclic) bond motifs is 1. The van der Waals surface area contributed by atoms with Crippen LogP contribution in [-0.2, 0) is 27.3 Å². The summed E-state index contributed by atoms with van der Waals surface area (Å²) in [5.74, 6) is -0.259. The average molecular weight is 662 g/mol. The molecule has 254 valence electrons. The number of nitrogens with two attached hydrogens (primary N) is 1. The Morgan fingerprint density at radius 1 is 0.918 bits per heavy atom. The number of benzene rings is 4. The number of hydrogen-bond acceptors (Lipinski definition) is 6. The molecule has 0 radical (unpaired) electrons. The number of urea groups is 1. The lowest BCUT2D eigenvalue weighted by Crippen LogP contribution is -2.57. The van der Waals surface area contributed by atoms with Gasteiger partial charge in [0.2, 0.25) is 5.91 Å². The number of methoxy groups -OCH3 is 1. The van der Waals surface area contributed by atoms with Gasteiger partial charge in [-0.25, -0.2) is 4.79 Å². The number of amides is 4. The fraction of sp³-hybridized carbons (Fsp3) is 0.308. The van der Waals surface area contributed by atoms with Crippen LogP contribution in [0.4, 0.5) is 16.2 Å². The van der Waals surface area contributed by atoms with Gasteiger partial charge in [-0.15, -0.1) is 0 Å². The average Bonchev–Trinajstić information content (AvgIpc) is 3.23. The molecule has 0 saturated carbocycles. The number of morpholine rings is 1. The van der Waals surface area contributed by atoms with E-state index in [1.165, 1.54) is 0 Å². The van der Waals surface area contributed by atoms with Crippen molar-refractivity contribution in [3.05, 3.63) is 114 Å². The molecule has 4 amide bonds. The van der Waals surface area contributed by atoms with Crippen molar-refractivity contribution < 1.29 is 23.9 Å². The molecule has 4 aromatic rings. The molecule has 6 rings (SSSR count). The van der Waals surface area contributed by atoms with E-state index < -0.39 is 17.5 Å². The van der Waals surface area contributed by atoms with Gasteiger partial charge < -0.3 is 35.6 Å². The number of para-hydroxylation sites is 2. The second kappa shape index (κ2) is 14.5. The third kappa shape index (κ3) is 7.61. The summed E-state index contributed by atoms with van der Waals surface area (Å²) in [6.07, 6.45) is 0.534. The van der Waals surface area contributed by atoms with E-state index in [0.717, 1.165) is 33.5 Å². The van der Waals surface area contributed by atoms with Gasteiger partial charge in [-0.2, -0.15) is 0 Å². The summed E-state index contributed by atoms with van der Waals surface area (Å²) >= 11 is 0. The zero-order valence-electron chi connectivity index (χ0n) is 28.1. The standard InChI is InChI=1S/C39H43N5O5/c1-39(2,40)37(46)42-35-32(28-16-18-30(48-3)19-17-28)24-29-8-4-7-11-34(29)44(36(35)45)25-26-12-14-27(15-13-26)31-9-5-6-10-33(31)41-38(47)43-20-22-49-23-21-43/h4-19,32,35H,20-25,40H2,1-3H3,(H,41,47)(H,42,46). The van der Waals surface area contributed by atoms with E-state index >= 15 is 0 Å². The van der Waals surface area contributed by atoms with E-state index in [4.69, 9.17) is 15.2 Å². The zero-order chi connectivity index (χ0) is 34.5. The summed E-state index contributed by atoms with van der Waals surface area (Å²) < 4.78 is 10.8. The fourth-order valence-electron chi connectivity index (χ4n) is 6.35. The normalized spacial score (nSPS) is 17.9. The molecule has 49 heavy (non-hydrogen) atoms. The van der Waals surface area contributed by atoms with Crippen LogP contribution in [0.3, 0.4) is 0 Å². The first-order chi connectivity index (χ1) is 23.6. The van der Waals surface area contributed by atoms with Crippen molar-refractivity contribution in [2.45, 2.75) is 44.3 Å².